The summed E-state index contributed by atoms with van der Waals surface area (Å²) < 4.78 is 10.5. The van der Waals surface area contributed by atoms with E-state index in [-0.39, 0.29) is 0 Å². The summed E-state index contributed by atoms with van der Waals surface area (Å²) in [6, 6.07) is 1.40. The van der Waals surface area contributed by atoms with Gasteiger partial charge in [-0.05, 0) is 20.3 Å². The van der Waals surface area contributed by atoms with Gasteiger partial charge in [0, 0.05) is 31.8 Å². The molecular formula is C11H24N2O2. The van der Waals surface area contributed by atoms with Gasteiger partial charge in [0.25, 0.3) is 0 Å². The molecule has 0 aromatic carbocycles. The van der Waals surface area contributed by atoms with Gasteiger partial charge in [0.2, 0.25) is 0 Å². The van der Waals surface area contributed by atoms with E-state index in [1.54, 1.807) is 7.11 Å². The van der Waals surface area contributed by atoms with Crippen molar-refractivity contribution in [3.8, 4) is 0 Å². The molecule has 0 bridgehead atoms. The predicted molar refractivity (Wildman–Crippen MR) is 61.2 cm³/mol. The lowest BCUT2D eigenvalue weighted by molar-refractivity contribution is 0.0700. The van der Waals surface area contributed by atoms with Crippen LogP contribution in [-0.2, 0) is 9.47 Å². The topological polar surface area (TPSA) is 42.5 Å². The van der Waals surface area contributed by atoms with Crippen LogP contribution in [-0.4, -0.2) is 51.6 Å². The molecule has 3 atom stereocenters. The zero-order chi connectivity index (χ0) is 11.1. The summed E-state index contributed by atoms with van der Waals surface area (Å²) >= 11 is 0. The zero-order valence-electron chi connectivity index (χ0n) is 10.1. The van der Waals surface area contributed by atoms with Crippen LogP contribution in [0.2, 0.25) is 0 Å². The summed E-state index contributed by atoms with van der Waals surface area (Å²) in [7, 11) is 1.74. The van der Waals surface area contributed by atoms with Crippen molar-refractivity contribution in [2.45, 2.75) is 38.4 Å². The average Bonchev–Trinajstić information content (AvgIpc) is 2.19. The van der Waals surface area contributed by atoms with E-state index >= 15 is 0 Å². The molecule has 0 aromatic heterocycles. The molecule has 1 heterocycles. The second kappa shape index (κ2) is 7.17. The highest BCUT2D eigenvalue weighted by Gasteiger charge is 2.16. The fourth-order valence-corrected chi connectivity index (χ4v) is 2.05. The number of hydrogen-bond acceptors (Lipinski definition) is 4. The molecule has 1 aliphatic heterocycles. The number of methoxy groups -OCH3 is 1. The van der Waals surface area contributed by atoms with Crippen LogP contribution in [0.3, 0.4) is 0 Å². The van der Waals surface area contributed by atoms with E-state index in [0.29, 0.717) is 18.1 Å². The lowest BCUT2D eigenvalue weighted by Crippen LogP contribution is -2.46. The van der Waals surface area contributed by atoms with E-state index in [9.17, 15) is 0 Å². The van der Waals surface area contributed by atoms with Gasteiger partial charge in [-0.2, -0.15) is 0 Å². The first-order valence-electron chi connectivity index (χ1n) is 5.78. The van der Waals surface area contributed by atoms with Gasteiger partial charge < -0.3 is 20.1 Å². The second-order valence-corrected chi connectivity index (χ2v) is 4.39. The molecule has 1 saturated heterocycles. The van der Waals surface area contributed by atoms with Crippen molar-refractivity contribution in [1.82, 2.24) is 10.6 Å². The van der Waals surface area contributed by atoms with Gasteiger partial charge in [0.05, 0.1) is 19.8 Å². The predicted octanol–water partition coefficient (Wildman–Crippen LogP) is 0.378. The van der Waals surface area contributed by atoms with E-state index in [2.05, 4.69) is 24.5 Å². The Morgan fingerprint density at radius 1 is 1.47 bits per heavy atom. The molecule has 0 aliphatic carbocycles. The summed E-state index contributed by atoms with van der Waals surface area (Å²) in [5.41, 5.74) is 0. The maximum Gasteiger partial charge on any atom is 0.0620 e. The lowest BCUT2D eigenvalue weighted by atomic mass is 10.1. The first kappa shape index (κ1) is 12.9. The third-order valence-corrected chi connectivity index (χ3v) is 2.62. The van der Waals surface area contributed by atoms with E-state index in [0.717, 1.165) is 32.8 Å². The van der Waals surface area contributed by atoms with Crippen LogP contribution in [0.5, 0.6) is 0 Å². The van der Waals surface area contributed by atoms with Crippen molar-refractivity contribution < 1.29 is 9.47 Å². The van der Waals surface area contributed by atoms with Crippen LogP contribution < -0.4 is 10.6 Å². The largest absolute Gasteiger partial charge is 0.383 e. The molecule has 2 N–H and O–H groups in total. The fraction of sp³-hybridized carbons (Fsp3) is 1.00. The first-order chi connectivity index (χ1) is 7.22. The number of morpholine rings is 1. The minimum absolute atomic E-state index is 0.412. The minimum atomic E-state index is 0.412. The third kappa shape index (κ3) is 5.47. The van der Waals surface area contributed by atoms with Crippen LogP contribution in [0.15, 0.2) is 0 Å². The molecule has 1 fully saturated rings. The van der Waals surface area contributed by atoms with Crippen LogP contribution in [0.1, 0.15) is 20.3 Å². The Morgan fingerprint density at radius 2 is 2.27 bits per heavy atom. The summed E-state index contributed by atoms with van der Waals surface area (Å²) in [6.07, 6.45) is 1.11. The van der Waals surface area contributed by atoms with Gasteiger partial charge >= 0.3 is 0 Å². The minimum Gasteiger partial charge on any atom is -0.383 e. The molecule has 1 rings (SSSR count). The highest BCUT2D eigenvalue weighted by molar-refractivity contribution is 4.77. The van der Waals surface area contributed by atoms with Gasteiger partial charge in [-0.15, -0.1) is 0 Å². The quantitative estimate of drug-likeness (QED) is 0.673. The van der Waals surface area contributed by atoms with Crippen molar-refractivity contribution in [2.75, 3.05) is 33.5 Å². The van der Waals surface area contributed by atoms with Crippen LogP contribution in [0.25, 0.3) is 0 Å². The van der Waals surface area contributed by atoms with E-state index < -0.39 is 0 Å². The fourth-order valence-electron chi connectivity index (χ4n) is 2.05. The summed E-state index contributed by atoms with van der Waals surface area (Å²) in [5.74, 6) is 0. The van der Waals surface area contributed by atoms with E-state index in [1.165, 1.54) is 0 Å². The van der Waals surface area contributed by atoms with Crippen molar-refractivity contribution in [1.29, 1.82) is 0 Å². The first-order valence-corrected chi connectivity index (χ1v) is 5.78. The highest BCUT2D eigenvalue weighted by atomic mass is 16.5. The Morgan fingerprint density at radius 3 is 2.87 bits per heavy atom. The standard InChI is InChI=1S/C11H24N2O2/c1-9(13-10(2)7-14-3)6-11-8-15-5-4-12-11/h9-13H,4-8H2,1-3H3. The molecule has 3 unspecified atom stereocenters. The van der Waals surface area contributed by atoms with Crippen molar-refractivity contribution in [3.63, 3.8) is 0 Å². The van der Waals surface area contributed by atoms with E-state index in [4.69, 9.17) is 9.47 Å². The number of ether oxygens (including phenoxy) is 2. The smallest absolute Gasteiger partial charge is 0.0620 e. The maximum atomic E-state index is 5.42. The molecule has 0 spiro atoms. The van der Waals surface area contributed by atoms with Gasteiger partial charge in [0.1, 0.15) is 0 Å². The molecule has 90 valence electrons. The van der Waals surface area contributed by atoms with Gasteiger partial charge in [-0.3, -0.25) is 0 Å². The van der Waals surface area contributed by atoms with Crippen molar-refractivity contribution >= 4 is 0 Å². The molecule has 0 radical (unpaired) electrons. The van der Waals surface area contributed by atoms with E-state index in [1.807, 2.05) is 0 Å². The van der Waals surface area contributed by atoms with Crippen molar-refractivity contribution in [2.24, 2.45) is 0 Å². The van der Waals surface area contributed by atoms with Crippen LogP contribution in [0.4, 0.5) is 0 Å². The monoisotopic (exact) mass is 216 g/mol. The molecule has 0 aromatic rings. The van der Waals surface area contributed by atoms with Crippen LogP contribution in [0, 0.1) is 0 Å². The number of nitrogens with one attached hydrogen (secondary N) is 2. The molecule has 0 amide bonds. The molecule has 1 aliphatic rings. The molecule has 4 heteroatoms. The van der Waals surface area contributed by atoms with Gasteiger partial charge in [-0.25, -0.2) is 0 Å². The zero-order valence-corrected chi connectivity index (χ0v) is 10.1. The Hall–Kier alpha value is -0.160. The molecule has 4 nitrogen and oxygen atoms in total. The Balaban J connectivity index is 2.13. The highest BCUT2D eigenvalue weighted by Crippen LogP contribution is 2.03. The molecule has 0 saturated carbocycles. The Labute approximate surface area is 92.7 Å². The van der Waals surface area contributed by atoms with Crippen LogP contribution >= 0.6 is 0 Å². The Bertz CT molecular complexity index is 161. The van der Waals surface area contributed by atoms with Crippen molar-refractivity contribution in [3.05, 3.63) is 0 Å². The number of rotatable bonds is 6. The third-order valence-electron chi connectivity index (χ3n) is 2.62. The summed E-state index contributed by atoms with van der Waals surface area (Å²) in [6.45, 7) is 7.78. The Kier molecular flexibility index (Phi) is 6.17. The second-order valence-electron chi connectivity index (χ2n) is 4.39. The van der Waals surface area contributed by atoms with Gasteiger partial charge in [0.15, 0.2) is 0 Å². The van der Waals surface area contributed by atoms with Gasteiger partial charge in [-0.1, -0.05) is 0 Å². The summed E-state index contributed by atoms with van der Waals surface area (Å²) in [4.78, 5) is 0. The average molecular weight is 216 g/mol. The molecular weight excluding hydrogens is 192 g/mol. The normalized spacial score (nSPS) is 26.2. The maximum absolute atomic E-state index is 5.42. The SMILES string of the molecule is COCC(C)NC(C)CC1COCCN1. The lowest BCUT2D eigenvalue weighted by Gasteiger charge is -2.28. The summed E-state index contributed by atoms with van der Waals surface area (Å²) in [5, 5.41) is 6.97. The molecule has 15 heavy (non-hydrogen) atoms. The number of hydrogen-bond donors (Lipinski definition) is 2.